The maximum atomic E-state index is 12.8. The first-order valence-corrected chi connectivity index (χ1v) is 9.81. The lowest BCUT2D eigenvalue weighted by atomic mass is 10.1. The number of allylic oxidation sites excluding steroid dienone is 1. The third-order valence-electron chi connectivity index (χ3n) is 5.92. The zero-order valence-corrected chi connectivity index (χ0v) is 15.9. The molecule has 3 aliphatic rings. The van der Waals surface area contributed by atoms with Crippen molar-refractivity contribution in [2.75, 3.05) is 26.2 Å². The van der Waals surface area contributed by atoms with Gasteiger partial charge in [0.25, 0.3) is 17.7 Å². The van der Waals surface area contributed by atoms with Crippen molar-refractivity contribution in [3.63, 3.8) is 0 Å². The van der Waals surface area contributed by atoms with Gasteiger partial charge in [-0.15, -0.1) is 0 Å². The highest BCUT2D eigenvalue weighted by Crippen LogP contribution is 2.37. The first kappa shape index (κ1) is 17.9. The van der Waals surface area contributed by atoms with Gasteiger partial charge in [-0.05, 0) is 42.7 Å². The van der Waals surface area contributed by atoms with Crippen molar-refractivity contribution in [1.29, 1.82) is 0 Å². The van der Waals surface area contributed by atoms with Gasteiger partial charge in [0.15, 0.2) is 0 Å². The van der Waals surface area contributed by atoms with E-state index in [1.54, 1.807) is 44.8 Å². The summed E-state index contributed by atoms with van der Waals surface area (Å²) >= 11 is 0. The van der Waals surface area contributed by atoms with Crippen LogP contribution in [0, 0.1) is 0 Å². The van der Waals surface area contributed by atoms with Crippen molar-refractivity contribution in [3.8, 4) is 11.1 Å². The monoisotopic (exact) mass is 391 g/mol. The number of aliphatic hydroxyl groups is 1. The van der Waals surface area contributed by atoms with Gasteiger partial charge >= 0.3 is 0 Å². The molecule has 7 heteroatoms. The molecule has 1 aromatic carbocycles. The second kappa shape index (κ2) is 6.42. The van der Waals surface area contributed by atoms with E-state index in [1.165, 1.54) is 0 Å². The van der Waals surface area contributed by atoms with Gasteiger partial charge in [-0.25, -0.2) is 0 Å². The normalized spacial score (nSPS) is 19.4. The first-order chi connectivity index (χ1) is 13.9. The molecule has 5 rings (SSSR count). The minimum absolute atomic E-state index is 0.0514. The number of piperazine rings is 1. The smallest absolute Gasteiger partial charge is 0.255 e. The highest BCUT2D eigenvalue weighted by Gasteiger charge is 2.50. The fourth-order valence-electron chi connectivity index (χ4n) is 3.92. The van der Waals surface area contributed by atoms with Crippen LogP contribution in [0.2, 0.25) is 0 Å². The lowest BCUT2D eigenvalue weighted by Gasteiger charge is -2.35. The standard InChI is InChI=1S/C22H21N3O4/c26-19-6-5-18-13-17(14-25(18)19)15-1-3-16(4-2-15)20(27)23-9-11-24(12-10-23)21(28)22(29)7-8-22/h1-6,13-14,29H,7-12H2. The summed E-state index contributed by atoms with van der Waals surface area (Å²) in [6.45, 7) is 1.82. The van der Waals surface area contributed by atoms with Gasteiger partial charge in [-0.2, -0.15) is 0 Å². The molecule has 3 heterocycles. The van der Waals surface area contributed by atoms with E-state index < -0.39 is 5.60 Å². The fourth-order valence-corrected chi connectivity index (χ4v) is 3.92. The van der Waals surface area contributed by atoms with Crippen molar-refractivity contribution in [1.82, 2.24) is 14.4 Å². The molecule has 7 nitrogen and oxygen atoms in total. The van der Waals surface area contributed by atoms with Crippen molar-refractivity contribution in [3.05, 3.63) is 53.9 Å². The number of hydrogen-bond acceptors (Lipinski definition) is 4. The molecular weight excluding hydrogens is 370 g/mol. The number of hydrogen-bond donors (Lipinski definition) is 1. The minimum Gasteiger partial charge on any atom is -0.380 e. The number of carbonyl (C=O) groups excluding carboxylic acids is 3. The van der Waals surface area contributed by atoms with E-state index in [-0.39, 0.29) is 17.7 Å². The SMILES string of the molecule is O=C(c1ccc(-c2cc3n(c2)C(=O)C=C3)cc1)N1CCN(C(=O)C2(O)CC2)CC1. The molecule has 1 saturated heterocycles. The lowest BCUT2D eigenvalue weighted by molar-refractivity contribution is -0.143. The summed E-state index contributed by atoms with van der Waals surface area (Å²) in [5, 5.41) is 9.98. The molecular formula is C22H21N3O4. The Balaban J connectivity index is 1.24. The molecule has 2 amide bonds. The molecule has 2 fully saturated rings. The number of nitrogens with zero attached hydrogens (tertiary/aromatic N) is 3. The Labute approximate surface area is 167 Å². The van der Waals surface area contributed by atoms with Gasteiger partial charge < -0.3 is 14.9 Å². The van der Waals surface area contributed by atoms with Crippen molar-refractivity contribution in [2.45, 2.75) is 18.4 Å². The van der Waals surface area contributed by atoms with Crippen LogP contribution in [0.1, 0.15) is 33.7 Å². The molecule has 0 atom stereocenters. The lowest BCUT2D eigenvalue weighted by Crippen LogP contribution is -2.53. The fraction of sp³-hybridized carbons (Fsp3) is 0.318. The molecule has 1 aromatic heterocycles. The van der Waals surface area contributed by atoms with Crippen molar-refractivity contribution in [2.24, 2.45) is 0 Å². The average molecular weight is 391 g/mol. The Hall–Kier alpha value is -3.19. The van der Waals surface area contributed by atoms with E-state index in [9.17, 15) is 19.5 Å². The maximum Gasteiger partial charge on any atom is 0.255 e. The number of rotatable bonds is 3. The quantitative estimate of drug-likeness (QED) is 0.862. The highest BCUT2D eigenvalue weighted by atomic mass is 16.3. The molecule has 0 spiro atoms. The van der Waals surface area contributed by atoms with E-state index in [0.29, 0.717) is 44.6 Å². The Morgan fingerprint density at radius 3 is 2.17 bits per heavy atom. The average Bonchev–Trinajstić information content (AvgIpc) is 3.21. The number of amides is 2. The number of fused-ring (bicyclic) bond motifs is 1. The van der Waals surface area contributed by atoms with Gasteiger partial charge in [-0.3, -0.25) is 19.0 Å². The summed E-state index contributed by atoms with van der Waals surface area (Å²) in [4.78, 5) is 40.2. The Bertz CT molecular complexity index is 1040. The molecule has 2 aromatic rings. The summed E-state index contributed by atoms with van der Waals surface area (Å²) in [7, 11) is 0. The van der Waals surface area contributed by atoms with Crippen LogP contribution in [0.5, 0.6) is 0 Å². The molecule has 148 valence electrons. The third-order valence-corrected chi connectivity index (χ3v) is 5.92. The van der Waals surface area contributed by atoms with Gasteiger partial charge in [0.1, 0.15) is 5.60 Å². The van der Waals surface area contributed by atoms with Crippen LogP contribution in [0.4, 0.5) is 0 Å². The van der Waals surface area contributed by atoms with E-state index in [0.717, 1.165) is 16.8 Å². The van der Waals surface area contributed by atoms with Gasteiger partial charge in [-0.1, -0.05) is 12.1 Å². The Morgan fingerprint density at radius 1 is 0.897 bits per heavy atom. The zero-order valence-electron chi connectivity index (χ0n) is 15.9. The van der Waals surface area contributed by atoms with Crippen LogP contribution in [0.3, 0.4) is 0 Å². The number of benzene rings is 1. The van der Waals surface area contributed by atoms with Crippen LogP contribution in [-0.2, 0) is 4.79 Å². The van der Waals surface area contributed by atoms with Crippen LogP contribution < -0.4 is 0 Å². The van der Waals surface area contributed by atoms with E-state index in [2.05, 4.69) is 0 Å². The molecule has 1 aliphatic carbocycles. The predicted octanol–water partition coefficient (Wildman–Crippen LogP) is 1.63. The van der Waals surface area contributed by atoms with E-state index in [1.807, 2.05) is 18.2 Å². The second-order valence-corrected chi connectivity index (χ2v) is 7.89. The zero-order chi connectivity index (χ0) is 20.2. The maximum absolute atomic E-state index is 12.8. The molecule has 0 radical (unpaired) electrons. The van der Waals surface area contributed by atoms with Crippen molar-refractivity contribution < 1.29 is 19.5 Å². The molecule has 29 heavy (non-hydrogen) atoms. The van der Waals surface area contributed by atoms with Crippen LogP contribution in [-0.4, -0.2) is 69.0 Å². The molecule has 0 bridgehead atoms. The highest BCUT2D eigenvalue weighted by molar-refractivity contribution is 6.00. The second-order valence-electron chi connectivity index (χ2n) is 7.89. The van der Waals surface area contributed by atoms with Gasteiger partial charge in [0, 0.05) is 55.3 Å². The topological polar surface area (TPSA) is 82.9 Å². The van der Waals surface area contributed by atoms with E-state index >= 15 is 0 Å². The minimum atomic E-state index is -1.15. The first-order valence-electron chi connectivity index (χ1n) is 9.81. The van der Waals surface area contributed by atoms with E-state index in [4.69, 9.17) is 0 Å². The Morgan fingerprint density at radius 2 is 1.55 bits per heavy atom. The van der Waals surface area contributed by atoms with Gasteiger partial charge in [0.05, 0.1) is 0 Å². The van der Waals surface area contributed by atoms with Gasteiger partial charge in [0.2, 0.25) is 0 Å². The van der Waals surface area contributed by atoms with Crippen LogP contribution in [0.15, 0.2) is 42.6 Å². The third kappa shape index (κ3) is 3.07. The Kier molecular flexibility index (Phi) is 3.96. The summed E-state index contributed by atoms with van der Waals surface area (Å²) in [5.74, 6) is -0.322. The summed E-state index contributed by atoms with van der Waals surface area (Å²) in [6.07, 6.45) is 6.20. The molecule has 1 N–H and O–H groups in total. The number of aromatic nitrogens is 1. The predicted molar refractivity (Wildman–Crippen MR) is 106 cm³/mol. The molecule has 0 unspecified atom stereocenters. The molecule has 2 aliphatic heterocycles. The summed E-state index contributed by atoms with van der Waals surface area (Å²) in [6, 6.07) is 9.30. The summed E-state index contributed by atoms with van der Waals surface area (Å²) < 4.78 is 1.60. The van der Waals surface area contributed by atoms with Crippen molar-refractivity contribution >= 4 is 23.8 Å². The number of carbonyl (C=O) groups is 3. The molecule has 1 saturated carbocycles. The van der Waals surface area contributed by atoms with Crippen LogP contribution in [0.25, 0.3) is 17.2 Å². The largest absolute Gasteiger partial charge is 0.380 e. The van der Waals surface area contributed by atoms with Crippen LogP contribution >= 0.6 is 0 Å². The summed E-state index contributed by atoms with van der Waals surface area (Å²) in [5.41, 5.74) is 2.17.